The minimum absolute atomic E-state index is 0.557. The molecule has 0 aliphatic heterocycles. The van der Waals surface area contributed by atoms with Gasteiger partial charge in [-0.2, -0.15) is 0 Å². The van der Waals surface area contributed by atoms with E-state index in [1.54, 1.807) is 0 Å². The number of anilines is 6. The van der Waals surface area contributed by atoms with Crippen LogP contribution < -0.4 is 9.80 Å². The molecule has 2 heteroatoms. The lowest BCUT2D eigenvalue weighted by atomic mass is 9.70. The monoisotopic (exact) mass is 954 g/mol. The summed E-state index contributed by atoms with van der Waals surface area (Å²) in [4.78, 5) is 4.97. The predicted octanol–water partition coefficient (Wildman–Crippen LogP) is 19.6. The van der Waals surface area contributed by atoms with Crippen LogP contribution in [0.3, 0.4) is 0 Å². The van der Waals surface area contributed by atoms with E-state index in [2.05, 4.69) is 313 Å². The third-order valence-electron chi connectivity index (χ3n) is 15.5. The molecule has 0 saturated heterocycles. The zero-order valence-corrected chi connectivity index (χ0v) is 41.3. The van der Waals surface area contributed by atoms with Crippen LogP contribution in [-0.2, 0) is 5.41 Å². The van der Waals surface area contributed by atoms with Gasteiger partial charge in [-0.05, 0) is 115 Å². The number of rotatable bonds is 10. The molecule has 0 saturated carbocycles. The van der Waals surface area contributed by atoms with Gasteiger partial charge in [0.15, 0.2) is 0 Å². The normalized spacial score (nSPS) is 12.4. The molecule has 1 spiro atoms. The molecule has 0 radical (unpaired) electrons. The molecule has 0 atom stereocenters. The van der Waals surface area contributed by atoms with E-state index in [1.165, 1.54) is 89.0 Å². The van der Waals surface area contributed by atoms with Crippen molar-refractivity contribution in [1.29, 1.82) is 0 Å². The smallest absolute Gasteiger partial charge is 0.0725 e. The first-order valence-electron chi connectivity index (χ1n) is 25.9. The molecular formula is C73H50N2. The van der Waals surface area contributed by atoms with Crippen LogP contribution in [0.25, 0.3) is 66.8 Å². The fourth-order valence-electron chi connectivity index (χ4n) is 12.3. The Morgan fingerprint density at radius 3 is 0.733 bits per heavy atom. The van der Waals surface area contributed by atoms with Crippen molar-refractivity contribution in [2.45, 2.75) is 5.41 Å². The van der Waals surface area contributed by atoms with Crippen LogP contribution in [-0.4, -0.2) is 0 Å². The summed E-state index contributed by atoms with van der Waals surface area (Å²) in [6, 6.07) is 111. The summed E-state index contributed by atoms with van der Waals surface area (Å²) in [7, 11) is 0. The highest BCUT2D eigenvalue weighted by Crippen LogP contribution is 2.64. The van der Waals surface area contributed by atoms with Crippen LogP contribution in [0.15, 0.2) is 303 Å². The van der Waals surface area contributed by atoms with Gasteiger partial charge in [0.2, 0.25) is 0 Å². The first-order valence-corrected chi connectivity index (χ1v) is 25.9. The highest BCUT2D eigenvalue weighted by molar-refractivity contribution is 6.01. The van der Waals surface area contributed by atoms with Crippen molar-refractivity contribution >= 4 is 34.1 Å². The van der Waals surface area contributed by atoms with Gasteiger partial charge in [0.1, 0.15) is 0 Å². The topological polar surface area (TPSA) is 6.48 Å². The van der Waals surface area contributed by atoms with Crippen molar-refractivity contribution < 1.29 is 0 Å². The summed E-state index contributed by atoms with van der Waals surface area (Å²) < 4.78 is 0. The van der Waals surface area contributed by atoms with Crippen LogP contribution in [0.2, 0.25) is 0 Å². The zero-order valence-electron chi connectivity index (χ0n) is 41.3. The second-order valence-corrected chi connectivity index (χ2v) is 19.5. The third-order valence-corrected chi connectivity index (χ3v) is 15.5. The number of hydrogen-bond acceptors (Lipinski definition) is 2. The fraction of sp³-hybridized carbons (Fsp3) is 0.0137. The van der Waals surface area contributed by atoms with E-state index in [0.717, 1.165) is 34.1 Å². The van der Waals surface area contributed by atoms with Gasteiger partial charge in [0.25, 0.3) is 0 Å². The van der Waals surface area contributed by atoms with Gasteiger partial charge in [0.05, 0.1) is 28.2 Å². The Hall–Kier alpha value is -9.76. The average Bonchev–Trinajstić information content (AvgIpc) is 4.06. The van der Waals surface area contributed by atoms with Crippen molar-refractivity contribution in [2.24, 2.45) is 0 Å². The lowest BCUT2D eigenvalue weighted by Gasteiger charge is -2.33. The first kappa shape index (κ1) is 44.0. The van der Waals surface area contributed by atoms with Crippen LogP contribution >= 0.6 is 0 Å². The molecule has 0 fully saturated rings. The van der Waals surface area contributed by atoms with E-state index < -0.39 is 5.41 Å². The second kappa shape index (κ2) is 18.4. The maximum atomic E-state index is 2.48. The summed E-state index contributed by atoms with van der Waals surface area (Å²) in [6.07, 6.45) is 0. The maximum absolute atomic E-state index is 2.48. The van der Waals surface area contributed by atoms with Gasteiger partial charge >= 0.3 is 0 Å². The Kier molecular flexibility index (Phi) is 10.8. The standard InChI is InChI=1S/C73H50N2/c1-5-25-51(26-6-1)57-33-15-21-41-69(57)74(70-42-22-16-34-58(70)52-27-7-2-8-28-52)55-45-47-67-63(49-55)61-37-13-19-39-65(61)73(67)66-40-20-14-38-62(66)64-50-56(46-48-68(64)73)75(71-43-23-17-35-59(71)53-29-9-3-10-30-53)72-44-24-18-36-60(72)54-31-11-4-12-32-54/h1-50H. The Bertz CT molecular complexity index is 3640. The summed E-state index contributed by atoms with van der Waals surface area (Å²) >= 11 is 0. The number of benzene rings is 12. The summed E-state index contributed by atoms with van der Waals surface area (Å²) in [5, 5.41) is 0. The number of nitrogens with zero attached hydrogens (tertiary/aromatic N) is 2. The molecule has 2 aliphatic carbocycles. The largest absolute Gasteiger partial charge is 0.309 e. The SMILES string of the molecule is c1ccc(-c2ccccc2N(c2ccc3c(c2)-c2ccccc2C32c3ccccc3-c3cc(N(c4ccccc4-c4ccccc4)c4ccccc4-c4ccccc4)ccc32)c2ccccc2-c2ccccc2)cc1. The maximum Gasteiger partial charge on any atom is 0.0725 e. The van der Waals surface area contributed by atoms with E-state index in [9.17, 15) is 0 Å². The van der Waals surface area contributed by atoms with Crippen molar-refractivity contribution in [3.63, 3.8) is 0 Å². The van der Waals surface area contributed by atoms with E-state index in [0.29, 0.717) is 0 Å². The zero-order chi connectivity index (χ0) is 49.7. The van der Waals surface area contributed by atoms with Gasteiger partial charge in [0, 0.05) is 33.6 Å². The minimum Gasteiger partial charge on any atom is -0.309 e. The van der Waals surface area contributed by atoms with Crippen LogP contribution in [0.1, 0.15) is 22.3 Å². The second-order valence-electron chi connectivity index (χ2n) is 19.5. The van der Waals surface area contributed by atoms with Crippen LogP contribution in [0.4, 0.5) is 34.1 Å². The number of hydrogen-bond donors (Lipinski definition) is 0. The van der Waals surface area contributed by atoms with E-state index >= 15 is 0 Å². The Balaban J connectivity index is 0.989. The molecule has 0 aromatic heterocycles. The fourth-order valence-corrected chi connectivity index (χ4v) is 12.3. The Labute approximate surface area is 439 Å². The van der Waals surface area contributed by atoms with Crippen molar-refractivity contribution in [3.05, 3.63) is 326 Å². The van der Waals surface area contributed by atoms with E-state index in [4.69, 9.17) is 0 Å². The van der Waals surface area contributed by atoms with Gasteiger partial charge in [-0.3, -0.25) is 0 Å². The number of para-hydroxylation sites is 4. The number of fused-ring (bicyclic) bond motifs is 10. The minimum atomic E-state index is -0.557. The molecule has 2 nitrogen and oxygen atoms in total. The molecule has 14 rings (SSSR count). The summed E-state index contributed by atoms with van der Waals surface area (Å²) in [6.45, 7) is 0. The lowest BCUT2D eigenvalue weighted by molar-refractivity contribution is 0.794. The molecule has 0 N–H and O–H groups in total. The summed E-state index contributed by atoms with van der Waals surface area (Å²) in [5.41, 5.74) is 25.6. The molecule has 0 amide bonds. The molecule has 0 heterocycles. The molecule has 0 bridgehead atoms. The molecule has 12 aromatic rings. The van der Waals surface area contributed by atoms with Crippen LogP contribution in [0, 0.1) is 0 Å². The lowest BCUT2D eigenvalue weighted by Crippen LogP contribution is -2.26. The van der Waals surface area contributed by atoms with E-state index in [-0.39, 0.29) is 0 Å². The molecule has 352 valence electrons. The predicted molar refractivity (Wildman–Crippen MR) is 314 cm³/mol. The highest BCUT2D eigenvalue weighted by Gasteiger charge is 2.52. The molecular weight excluding hydrogens is 905 g/mol. The van der Waals surface area contributed by atoms with Gasteiger partial charge in [-0.25, -0.2) is 0 Å². The Morgan fingerprint density at radius 2 is 0.427 bits per heavy atom. The Morgan fingerprint density at radius 1 is 0.187 bits per heavy atom. The molecule has 2 aliphatic rings. The van der Waals surface area contributed by atoms with Gasteiger partial charge in [-0.1, -0.05) is 255 Å². The van der Waals surface area contributed by atoms with E-state index in [1.807, 2.05) is 0 Å². The van der Waals surface area contributed by atoms with Crippen molar-refractivity contribution in [1.82, 2.24) is 0 Å². The third kappa shape index (κ3) is 7.17. The summed E-state index contributed by atoms with van der Waals surface area (Å²) in [5.74, 6) is 0. The van der Waals surface area contributed by atoms with Gasteiger partial charge in [-0.15, -0.1) is 0 Å². The van der Waals surface area contributed by atoms with Crippen LogP contribution in [0.5, 0.6) is 0 Å². The molecule has 75 heavy (non-hydrogen) atoms. The van der Waals surface area contributed by atoms with Crippen molar-refractivity contribution in [3.8, 4) is 66.8 Å². The van der Waals surface area contributed by atoms with Gasteiger partial charge < -0.3 is 9.80 Å². The molecule has 12 aromatic carbocycles. The highest BCUT2D eigenvalue weighted by atomic mass is 15.2. The average molecular weight is 955 g/mol. The van der Waals surface area contributed by atoms with Crippen molar-refractivity contribution in [2.75, 3.05) is 9.80 Å². The molecule has 0 unspecified atom stereocenters. The first-order chi connectivity index (χ1) is 37.3. The quantitative estimate of drug-likeness (QED) is 0.135.